The first-order valence-corrected chi connectivity index (χ1v) is 11.2. The van der Waals surface area contributed by atoms with E-state index in [0.717, 1.165) is 11.1 Å². The maximum absolute atomic E-state index is 13.3. The van der Waals surface area contributed by atoms with Crippen molar-refractivity contribution in [3.05, 3.63) is 83.4 Å². The third-order valence-corrected chi connectivity index (χ3v) is 5.59. The normalized spacial score (nSPS) is 14.4. The zero-order valence-corrected chi connectivity index (χ0v) is 19.1. The number of carbonyl (C=O) groups is 2. The number of amides is 2. The van der Waals surface area contributed by atoms with Gasteiger partial charge in [-0.15, -0.1) is 0 Å². The van der Waals surface area contributed by atoms with Gasteiger partial charge in [0.05, 0.1) is 0 Å². The van der Waals surface area contributed by atoms with Crippen LogP contribution in [0.2, 0.25) is 0 Å². The number of carbonyl (C=O) groups excluding carboxylic acids is 2. The first-order valence-electron chi connectivity index (χ1n) is 11.2. The number of nitrogens with one attached hydrogen (secondary N) is 2. The summed E-state index contributed by atoms with van der Waals surface area (Å²) < 4.78 is 21.8. The second-order valence-electron chi connectivity index (χ2n) is 8.15. The minimum Gasteiger partial charge on any atom is -0.486 e. The summed E-state index contributed by atoms with van der Waals surface area (Å²) in [5.74, 6) is 1.70. The summed E-state index contributed by atoms with van der Waals surface area (Å²) in [6, 6.07) is 17.1. The number of hydrogen-bond acceptors (Lipinski definition) is 6. The predicted octanol–water partition coefficient (Wildman–Crippen LogP) is 4.00. The number of anilines is 1. The van der Waals surface area contributed by atoms with E-state index in [1.54, 1.807) is 36.4 Å². The summed E-state index contributed by atoms with van der Waals surface area (Å²) in [4.78, 5) is 26.0. The van der Waals surface area contributed by atoms with Gasteiger partial charge in [0.2, 0.25) is 12.7 Å². The van der Waals surface area contributed by atoms with Crippen LogP contribution in [0.25, 0.3) is 6.08 Å². The molecule has 0 radical (unpaired) electrons. The van der Waals surface area contributed by atoms with Gasteiger partial charge >= 0.3 is 0 Å². The smallest absolute Gasteiger partial charge is 0.251 e. The number of rotatable bonds is 6. The van der Waals surface area contributed by atoms with Gasteiger partial charge in [0.1, 0.15) is 19.3 Å². The molecule has 5 rings (SSSR count). The van der Waals surface area contributed by atoms with Gasteiger partial charge < -0.3 is 29.6 Å². The van der Waals surface area contributed by atoms with E-state index in [1.165, 1.54) is 6.08 Å². The Bertz CT molecular complexity index is 1290. The molecule has 0 aliphatic carbocycles. The van der Waals surface area contributed by atoms with E-state index >= 15 is 0 Å². The van der Waals surface area contributed by atoms with Crippen molar-refractivity contribution >= 4 is 23.6 Å². The standard InChI is InChI=1S/C27H24N2O6/c1-17-2-6-19(7-3-17)26(27(31)28-20-8-10-21-24(15-20)33-13-12-32-21)29-25(30)11-5-18-4-9-22-23(14-18)35-16-34-22/h2-11,14-15,26H,12-13,16H2,1H3,(H,28,31)(H,29,30)/b11-5+. The average Bonchev–Trinajstić information content (AvgIpc) is 3.34. The first-order chi connectivity index (χ1) is 17.0. The second-order valence-corrected chi connectivity index (χ2v) is 8.15. The molecule has 0 saturated heterocycles. The van der Waals surface area contributed by atoms with Crippen LogP contribution >= 0.6 is 0 Å². The zero-order valence-electron chi connectivity index (χ0n) is 19.1. The molecule has 1 atom stereocenters. The third-order valence-electron chi connectivity index (χ3n) is 5.59. The Morgan fingerprint density at radius 2 is 1.51 bits per heavy atom. The summed E-state index contributed by atoms with van der Waals surface area (Å²) in [6.07, 6.45) is 3.04. The Morgan fingerprint density at radius 3 is 2.34 bits per heavy atom. The molecule has 2 aliphatic heterocycles. The van der Waals surface area contributed by atoms with Crippen LogP contribution in [0.4, 0.5) is 5.69 Å². The molecule has 2 amide bonds. The average molecular weight is 472 g/mol. The van der Waals surface area contributed by atoms with E-state index in [-0.39, 0.29) is 12.7 Å². The van der Waals surface area contributed by atoms with Crippen LogP contribution in [-0.4, -0.2) is 31.8 Å². The summed E-state index contributed by atoms with van der Waals surface area (Å²) in [7, 11) is 0. The van der Waals surface area contributed by atoms with E-state index in [4.69, 9.17) is 18.9 Å². The molecule has 2 N–H and O–H groups in total. The molecule has 3 aromatic rings. The minimum atomic E-state index is -0.905. The maximum Gasteiger partial charge on any atom is 0.251 e. The summed E-state index contributed by atoms with van der Waals surface area (Å²) in [6.45, 7) is 3.07. The van der Waals surface area contributed by atoms with E-state index in [1.807, 2.05) is 37.3 Å². The fourth-order valence-electron chi connectivity index (χ4n) is 3.77. The molecule has 2 heterocycles. The largest absolute Gasteiger partial charge is 0.486 e. The molecule has 1 unspecified atom stereocenters. The number of aryl methyl sites for hydroxylation is 1. The van der Waals surface area contributed by atoms with Crippen molar-refractivity contribution in [3.63, 3.8) is 0 Å². The molecule has 35 heavy (non-hydrogen) atoms. The van der Waals surface area contributed by atoms with Gasteiger partial charge in [-0.25, -0.2) is 0 Å². The predicted molar refractivity (Wildman–Crippen MR) is 130 cm³/mol. The Kier molecular flexibility index (Phi) is 6.26. The van der Waals surface area contributed by atoms with Gasteiger partial charge in [0.25, 0.3) is 5.91 Å². The van der Waals surface area contributed by atoms with Gasteiger partial charge in [-0.3, -0.25) is 9.59 Å². The molecule has 0 fully saturated rings. The van der Waals surface area contributed by atoms with Crippen molar-refractivity contribution in [1.82, 2.24) is 5.32 Å². The van der Waals surface area contributed by atoms with Crippen molar-refractivity contribution in [2.24, 2.45) is 0 Å². The fraction of sp³-hybridized carbons (Fsp3) is 0.185. The molecule has 0 bridgehead atoms. The van der Waals surface area contributed by atoms with Crippen LogP contribution in [0.3, 0.4) is 0 Å². The molecule has 0 aromatic heterocycles. The van der Waals surface area contributed by atoms with Crippen LogP contribution in [0.5, 0.6) is 23.0 Å². The molecule has 8 heteroatoms. The van der Waals surface area contributed by atoms with Gasteiger partial charge in [0, 0.05) is 17.8 Å². The van der Waals surface area contributed by atoms with Gasteiger partial charge in [-0.2, -0.15) is 0 Å². The van der Waals surface area contributed by atoms with Crippen LogP contribution in [0.1, 0.15) is 22.7 Å². The van der Waals surface area contributed by atoms with E-state index in [0.29, 0.717) is 47.5 Å². The van der Waals surface area contributed by atoms with E-state index in [9.17, 15) is 9.59 Å². The van der Waals surface area contributed by atoms with E-state index < -0.39 is 11.9 Å². The molecule has 178 valence electrons. The molecular formula is C27H24N2O6. The molecule has 3 aromatic carbocycles. The van der Waals surface area contributed by atoms with Gasteiger partial charge in [-0.1, -0.05) is 35.9 Å². The lowest BCUT2D eigenvalue weighted by molar-refractivity contribution is -0.123. The second kappa shape index (κ2) is 9.80. The molecule has 0 saturated carbocycles. The topological polar surface area (TPSA) is 95.1 Å². The molecular weight excluding hydrogens is 448 g/mol. The van der Waals surface area contributed by atoms with Gasteiger partial charge in [0.15, 0.2) is 23.0 Å². The summed E-state index contributed by atoms with van der Waals surface area (Å²) >= 11 is 0. The van der Waals surface area contributed by atoms with Crippen LogP contribution in [-0.2, 0) is 9.59 Å². The van der Waals surface area contributed by atoms with Crippen molar-refractivity contribution in [2.45, 2.75) is 13.0 Å². The lowest BCUT2D eigenvalue weighted by atomic mass is 10.0. The van der Waals surface area contributed by atoms with Crippen LogP contribution in [0, 0.1) is 6.92 Å². The summed E-state index contributed by atoms with van der Waals surface area (Å²) in [5, 5.41) is 5.68. The number of benzene rings is 3. The Labute approximate surface area is 202 Å². The van der Waals surface area contributed by atoms with Crippen LogP contribution in [0.15, 0.2) is 66.7 Å². The lowest BCUT2D eigenvalue weighted by Gasteiger charge is -2.21. The first kappa shape index (κ1) is 22.3. The number of fused-ring (bicyclic) bond motifs is 2. The quantitative estimate of drug-likeness (QED) is 0.527. The van der Waals surface area contributed by atoms with E-state index in [2.05, 4.69) is 10.6 Å². The van der Waals surface area contributed by atoms with Crippen molar-refractivity contribution in [1.29, 1.82) is 0 Å². The Balaban J connectivity index is 1.32. The fourth-order valence-corrected chi connectivity index (χ4v) is 3.77. The monoisotopic (exact) mass is 472 g/mol. The Morgan fingerprint density at radius 1 is 0.829 bits per heavy atom. The molecule has 2 aliphatic rings. The van der Waals surface area contributed by atoms with Crippen LogP contribution < -0.4 is 29.6 Å². The SMILES string of the molecule is Cc1ccc(C(NC(=O)/C=C/c2ccc3c(c2)OCO3)C(=O)Nc2ccc3c(c2)OCCO3)cc1. The number of hydrogen-bond donors (Lipinski definition) is 2. The van der Waals surface area contributed by atoms with Crippen molar-refractivity contribution in [3.8, 4) is 23.0 Å². The lowest BCUT2D eigenvalue weighted by Crippen LogP contribution is -2.36. The third kappa shape index (κ3) is 5.22. The maximum atomic E-state index is 13.3. The highest BCUT2D eigenvalue weighted by Gasteiger charge is 2.23. The molecule has 0 spiro atoms. The van der Waals surface area contributed by atoms with Gasteiger partial charge in [-0.05, 0) is 48.4 Å². The van der Waals surface area contributed by atoms with Crippen molar-refractivity contribution < 1.29 is 28.5 Å². The highest BCUT2D eigenvalue weighted by atomic mass is 16.7. The highest BCUT2D eigenvalue weighted by molar-refractivity contribution is 6.00. The Hall–Kier alpha value is -4.46. The minimum absolute atomic E-state index is 0.180. The van der Waals surface area contributed by atoms with Crippen molar-refractivity contribution in [2.75, 3.05) is 25.3 Å². The zero-order chi connectivity index (χ0) is 24.2. The molecule has 8 nitrogen and oxygen atoms in total. The number of ether oxygens (including phenoxy) is 4. The highest BCUT2D eigenvalue weighted by Crippen LogP contribution is 2.34. The summed E-state index contributed by atoms with van der Waals surface area (Å²) in [5.41, 5.74) is 3.03.